The minimum atomic E-state index is -1.41. The summed E-state index contributed by atoms with van der Waals surface area (Å²) in [6.45, 7) is 0.0733. The second-order valence-corrected chi connectivity index (χ2v) is 14.0. The quantitative estimate of drug-likeness (QED) is 0.320. The Morgan fingerprint density at radius 3 is 2.79 bits per heavy atom. The molecule has 0 bridgehead atoms. The Bertz CT molecular complexity index is 1710. The lowest BCUT2D eigenvalue weighted by Crippen LogP contribution is -2.56. The molecule has 2 saturated carbocycles. The van der Waals surface area contributed by atoms with Crippen LogP contribution in [0, 0.1) is 11.8 Å². The molecular weight excluding hydrogens is 620 g/mol. The summed E-state index contributed by atoms with van der Waals surface area (Å²) in [6.07, 6.45) is 11.4. The van der Waals surface area contributed by atoms with Crippen LogP contribution in [0.3, 0.4) is 0 Å². The molecule has 0 radical (unpaired) electrons. The highest BCUT2D eigenvalue weighted by molar-refractivity contribution is 7.16. The molecule has 47 heavy (non-hydrogen) atoms. The van der Waals surface area contributed by atoms with Crippen molar-refractivity contribution in [2.45, 2.75) is 87.9 Å². The number of allylic oxidation sites excluding steroid dienone is 1. The van der Waals surface area contributed by atoms with Crippen molar-refractivity contribution in [3.63, 3.8) is 0 Å². The number of carboxylic acid groups (broad SMARTS) is 1. The van der Waals surface area contributed by atoms with Crippen LogP contribution in [0.15, 0.2) is 48.0 Å². The minimum Gasteiger partial charge on any atom is -0.479 e. The summed E-state index contributed by atoms with van der Waals surface area (Å²) >= 11 is 1.44. The lowest BCUT2D eigenvalue weighted by atomic mass is 10.0. The van der Waals surface area contributed by atoms with Gasteiger partial charge >= 0.3 is 5.97 Å². The number of fused-ring (bicyclic) bond motifs is 3. The summed E-state index contributed by atoms with van der Waals surface area (Å²) in [6, 6.07) is 5.55. The summed E-state index contributed by atoms with van der Waals surface area (Å²) in [5.74, 6) is -1.40. The molecule has 0 unspecified atom stereocenters. The first-order valence-corrected chi connectivity index (χ1v) is 17.3. The second kappa shape index (κ2) is 13.0. The molecule has 3 fully saturated rings. The maximum absolute atomic E-state index is 14.3. The number of nitrogens with zero attached hydrogens (tertiary/aromatic N) is 4. The molecule has 2 aliphatic heterocycles. The van der Waals surface area contributed by atoms with Gasteiger partial charge in [0, 0.05) is 25.0 Å². The van der Waals surface area contributed by atoms with E-state index in [9.17, 15) is 24.3 Å². The number of rotatable bonds is 7. The number of carboxylic acids is 1. The van der Waals surface area contributed by atoms with E-state index >= 15 is 0 Å². The van der Waals surface area contributed by atoms with E-state index in [0.29, 0.717) is 52.8 Å². The van der Waals surface area contributed by atoms with Gasteiger partial charge in [-0.2, -0.15) is 4.98 Å². The number of aromatic nitrogens is 3. The fraction of sp³-hybridized carbons (Fsp3) is 0.500. The van der Waals surface area contributed by atoms with Crippen molar-refractivity contribution in [1.29, 1.82) is 0 Å². The molecule has 2 aliphatic carbocycles. The number of carbonyl (C=O) groups excluding carboxylic acids is 3. The van der Waals surface area contributed by atoms with E-state index in [1.807, 2.05) is 41.8 Å². The molecule has 4 aliphatic rings. The number of ether oxygens (including phenoxy) is 1. The largest absolute Gasteiger partial charge is 0.479 e. The SMILES string of the molecule is O=C(CC1CC1)N[C@H]1CCCCCC=C[C@@H]2C[C@@]2(C(=O)O)NC(=O)[C@@H]2C[C@@H](Oc3nc(-c4ccccn4)nc4sccc34)CN2C1=O. The zero-order valence-electron chi connectivity index (χ0n) is 26.0. The van der Waals surface area contributed by atoms with Crippen LogP contribution in [0.5, 0.6) is 5.88 Å². The summed E-state index contributed by atoms with van der Waals surface area (Å²) in [5, 5.41) is 18.5. The maximum Gasteiger partial charge on any atom is 0.330 e. The Morgan fingerprint density at radius 1 is 1.13 bits per heavy atom. The number of carbonyl (C=O) groups is 4. The molecule has 5 atom stereocenters. The number of aliphatic carboxylic acids is 1. The Balaban J connectivity index is 1.18. The third-order valence-electron chi connectivity index (χ3n) is 9.59. The maximum atomic E-state index is 14.3. The van der Waals surface area contributed by atoms with Crippen molar-refractivity contribution in [3.05, 3.63) is 48.0 Å². The van der Waals surface area contributed by atoms with Crippen LogP contribution in [-0.4, -0.2) is 78.9 Å². The molecule has 1 saturated heterocycles. The van der Waals surface area contributed by atoms with Crippen LogP contribution in [0.1, 0.15) is 64.2 Å². The van der Waals surface area contributed by atoms with Gasteiger partial charge in [-0.05, 0) is 68.0 Å². The van der Waals surface area contributed by atoms with E-state index in [1.54, 1.807) is 6.20 Å². The molecule has 12 nitrogen and oxygen atoms in total. The van der Waals surface area contributed by atoms with E-state index in [2.05, 4.69) is 25.6 Å². The van der Waals surface area contributed by atoms with Crippen LogP contribution in [-0.2, 0) is 19.2 Å². The Kier molecular flexibility index (Phi) is 8.65. The average Bonchev–Trinajstić information content (AvgIpc) is 3.89. The van der Waals surface area contributed by atoms with Gasteiger partial charge in [-0.25, -0.2) is 9.78 Å². The zero-order chi connectivity index (χ0) is 32.5. The topological polar surface area (TPSA) is 164 Å². The van der Waals surface area contributed by atoms with Gasteiger partial charge in [-0.3, -0.25) is 19.4 Å². The van der Waals surface area contributed by atoms with Crippen molar-refractivity contribution < 1.29 is 29.0 Å². The summed E-state index contributed by atoms with van der Waals surface area (Å²) < 4.78 is 6.47. The third-order valence-corrected chi connectivity index (χ3v) is 10.4. The van der Waals surface area contributed by atoms with Gasteiger partial charge in [0.25, 0.3) is 0 Å². The number of pyridine rings is 1. The second-order valence-electron chi connectivity index (χ2n) is 13.1. The average molecular weight is 659 g/mol. The molecule has 3 aromatic rings. The van der Waals surface area contributed by atoms with E-state index in [1.165, 1.54) is 16.2 Å². The first kappa shape index (κ1) is 31.2. The monoisotopic (exact) mass is 658 g/mol. The Hall–Kier alpha value is -4.39. The van der Waals surface area contributed by atoms with Crippen LogP contribution in [0.4, 0.5) is 0 Å². The highest BCUT2D eigenvalue weighted by atomic mass is 32.1. The van der Waals surface area contributed by atoms with Crippen molar-refractivity contribution in [2.24, 2.45) is 11.8 Å². The standard InChI is InChI=1S/C34H38N6O6S/c41-27(16-20-11-12-20)36-25-10-5-3-1-2-4-8-21-18-34(21,33(44)45)39-29(42)26-17-22(19-40(26)32(25)43)46-30-23-13-15-47-31(23)38-28(37-30)24-9-6-7-14-35-24/h4,6-9,13-15,20-22,25-26H,1-3,5,10-12,16-19H2,(H,36,41)(H,39,42)(H,44,45)/t21-,22-,25+,26+,34-/m1/s1. The van der Waals surface area contributed by atoms with Crippen molar-refractivity contribution in [3.8, 4) is 17.4 Å². The lowest BCUT2D eigenvalue weighted by molar-refractivity contribution is -0.146. The number of amides is 3. The molecule has 246 valence electrons. The van der Waals surface area contributed by atoms with Gasteiger partial charge < -0.3 is 25.4 Å². The van der Waals surface area contributed by atoms with Crippen LogP contribution < -0.4 is 15.4 Å². The van der Waals surface area contributed by atoms with Gasteiger partial charge in [-0.15, -0.1) is 11.3 Å². The first-order valence-electron chi connectivity index (χ1n) is 16.5. The smallest absolute Gasteiger partial charge is 0.330 e. The fourth-order valence-corrected chi connectivity index (χ4v) is 7.42. The Morgan fingerprint density at radius 2 is 2.00 bits per heavy atom. The van der Waals surface area contributed by atoms with Crippen molar-refractivity contribution >= 4 is 45.2 Å². The third kappa shape index (κ3) is 6.71. The van der Waals surface area contributed by atoms with Crippen LogP contribution in [0.2, 0.25) is 0 Å². The number of hydrogen-bond acceptors (Lipinski definition) is 9. The molecule has 13 heteroatoms. The van der Waals surface area contributed by atoms with E-state index in [4.69, 9.17) is 4.74 Å². The predicted molar refractivity (Wildman–Crippen MR) is 173 cm³/mol. The molecule has 0 aromatic carbocycles. The molecular formula is C34H38N6O6S. The Labute approximate surface area is 276 Å². The number of nitrogens with one attached hydrogen (secondary N) is 2. The van der Waals surface area contributed by atoms with Crippen LogP contribution >= 0.6 is 11.3 Å². The van der Waals surface area contributed by atoms with Gasteiger partial charge in [0.1, 0.15) is 34.3 Å². The molecule has 3 N–H and O–H groups in total. The first-order chi connectivity index (χ1) is 22.8. The lowest BCUT2D eigenvalue weighted by Gasteiger charge is -2.29. The summed E-state index contributed by atoms with van der Waals surface area (Å²) in [7, 11) is 0. The van der Waals surface area contributed by atoms with Gasteiger partial charge in [0.05, 0.1) is 11.9 Å². The normalized spacial score (nSPS) is 28.0. The summed E-state index contributed by atoms with van der Waals surface area (Å²) in [5.41, 5.74) is -0.829. The number of hydrogen-bond donors (Lipinski definition) is 3. The fourth-order valence-electron chi connectivity index (χ4n) is 6.67. The highest BCUT2D eigenvalue weighted by Gasteiger charge is 2.61. The molecule has 5 heterocycles. The zero-order valence-corrected chi connectivity index (χ0v) is 26.8. The molecule has 3 amide bonds. The molecule has 0 spiro atoms. The molecule has 7 rings (SSSR count). The van der Waals surface area contributed by atoms with Crippen LogP contribution in [0.25, 0.3) is 21.7 Å². The van der Waals surface area contributed by atoms with E-state index < -0.39 is 35.6 Å². The van der Waals surface area contributed by atoms with Gasteiger partial charge in [0.2, 0.25) is 23.6 Å². The predicted octanol–water partition coefficient (Wildman–Crippen LogP) is 3.87. The van der Waals surface area contributed by atoms with Gasteiger partial charge in [0.15, 0.2) is 5.82 Å². The summed E-state index contributed by atoms with van der Waals surface area (Å²) in [4.78, 5) is 69.5. The van der Waals surface area contributed by atoms with Crippen molar-refractivity contribution in [2.75, 3.05) is 6.54 Å². The molecule has 3 aromatic heterocycles. The van der Waals surface area contributed by atoms with E-state index in [-0.39, 0.29) is 30.7 Å². The highest BCUT2D eigenvalue weighted by Crippen LogP contribution is 2.45. The van der Waals surface area contributed by atoms with Crippen molar-refractivity contribution in [1.82, 2.24) is 30.5 Å². The van der Waals surface area contributed by atoms with Gasteiger partial charge in [-0.1, -0.05) is 31.1 Å². The minimum absolute atomic E-state index is 0.0733. The van der Waals surface area contributed by atoms with E-state index in [0.717, 1.165) is 38.5 Å². The number of thiophene rings is 1.